The van der Waals surface area contributed by atoms with Crippen LogP contribution in [0.2, 0.25) is 0 Å². The second-order valence-corrected chi connectivity index (χ2v) is 5.59. The zero-order valence-electron chi connectivity index (χ0n) is 11.4. The van der Waals surface area contributed by atoms with Gasteiger partial charge in [0.15, 0.2) is 0 Å². The summed E-state index contributed by atoms with van der Waals surface area (Å²) in [5, 5.41) is 13.4. The van der Waals surface area contributed by atoms with Crippen molar-refractivity contribution in [2.24, 2.45) is 0 Å². The summed E-state index contributed by atoms with van der Waals surface area (Å²) >= 11 is 1.51. The maximum Gasteiger partial charge on any atom is 0.147 e. The maximum atomic E-state index is 13.5. The van der Waals surface area contributed by atoms with Crippen LogP contribution in [0.3, 0.4) is 0 Å². The van der Waals surface area contributed by atoms with Crippen molar-refractivity contribution in [2.75, 3.05) is 6.54 Å². The molecule has 0 aliphatic heterocycles. The lowest BCUT2D eigenvalue weighted by Crippen LogP contribution is -2.18. The summed E-state index contributed by atoms with van der Waals surface area (Å²) < 4.78 is 13.5. The first-order valence-corrected chi connectivity index (χ1v) is 7.26. The number of benzene rings is 1. The number of hydrogen-bond acceptors (Lipinski definition) is 4. The molecular weight excluding hydrogens is 261 g/mol. The molecule has 0 bridgehead atoms. The van der Waals surface area contributed by atoms with Crippen LogP contribution in [0.15, 0.2) is 18.2 Å². The highest BCUT2D eigenvalue weighted by atomic mass is 32.1. The molecule has 19 heavy (non-hydrogen) atoms. The lowest BCUT2D eigenvalue weighted by molar-refractivity contribution is 0.564. The van der Waals surface area contributed by atoms with Crippen LogP contribution < -0.4 is 5.32 Å². The molecule has 3 nitrogen and oxygen atoms in total. The zero-order chi connectivity index (χ0) is 13.8. The van der Waals surface area contributed by atoms with E-state index in [0.29, 0.717) is 5.56 Å². The van der Waals surface area contributed by atoms with Gasteiger partial charge >= 0.3 is 0 Å². The van der Waals surface area contributed by atoms with Crippen molar-refractivity contribution >= 4 is 11.3 Å². The van der Waals surface area contributed by atoms with Crippen LogP contribution in [-0.2, 0) is 0 Å². The fraction of sp³-hybridized carbons (Fsp3) is 0.429. The minimum atomic E-state index is -0.202. The largest absolute Gasteiger partial charge is 0.308 e. The molecule has 0 saturated heterocycles. The third-order valence-corrected chi connectivity index (χ3v) is 4.09. The molecule has 0 spiro atoms. The van der Waals surface area contributed by atoms with Gasteiger partial charge in [-0.15, -0.1) is 10.2 Å². The highest BCUT2D eigenvalue weighted by Crippen LogP contribution is 2.27. The summed E-state index contributed by atoms with van der Waals surface area (Å²) in [6.07, 6.45) is 1.08. The highest BCUT2D eigenvalue weighted by Gasteiger charge is 2.13. The van der Waals surface area contributed by atoms with Gasteiger partial charge in [0, 0.05) is 5.56 Å². The Labute approximate surface area is 116 Å². The van der Waals surface area contributed by atoms with Crippen LogP contribution in [-0.4, -0.2) is 16.7 Å². The monoisotopic (exact) mass is 279 g/mol. The van der Waals surface area contributed by atoms with Crippen LogP contribution in [0.4, 0.5) is 4.39 Å². The first-order chi connectivity index (χ1) is 9.11. The Kier molecular flexibility index (Phi) is 4.61. The van der Waals surface area contributed by atoms with E-state index in [-0.39, 0.29) is 11.9 Å². The van der Waals surface area contributed by atoms with Gasteiger partial charge in [-0.1, -0.05) is 30.4 Å². The van der Waals surface area contributed by atoms with E-state index in [4.69, 9.17) is 0 Å². The van der Waals surface area contributed by atoms with Crippen LogP contribution in [0.1, 0.15) is 36.9 Å². The predicted octanol–water partition coefficient (Wildman–Crippen LogP) is 3.71. The van der Waals surface area contributed by atoms with Gasteiger partial charge < -0.3 is 5.32 Å². The lowest BCUT2D eigenvalue weighted by Gasteiger charge is -2.08. The number of rotatable bonds is 5. The summed E-state index contributed by atoms with van der Waals surface area (Å²) in [5.74, 6) is -0.202. The Hall–Kier alpha value is -1.33. The summed E-state index contributed by atoms with van der Waals surface area (Å²) in [7, 11) is 0. The Balaban J connectivity index is 2.18. The highest BCUT2D eigenvalue weighted by molar-refractivity contribution is 7.14. The summed E-state index contributed by atoms with van der Waals surface area (Å²) in [6.45, 7) is 6.90. The first-order valence-electron chi connectivity index (χ1n) is 6.45. The van der Waals surface area contributed by atoms with E-state index in [1.807, 2.05) is 6.07 Å². The lowest BCUT2D eigenvalue weighted by atomic mass is 10.1. The van der Waals surface area contributed by atoms with Crippen molar-refractivity contribution in [1.82, 2.24) is 15.5 Å². The van der Waals surface area contributed by atoms with Crippen molar-refractivity contribution in [3.8, 4) is 10.6 Å². The zero-order valence-corrected chi connectivity index (χ0v) is 12.2. The number of aromatic nitrogens is 2. The second-order valence-electron chi connectivity index (χ2n) is 4.59. The van der Waals surface area contributed by atoms with Crippen LogP contribution in [0, 0.1) is 12.7 Å². The van der Waals surface area contributed by atoms with Gasteiger partial charge in [-0.05, 0) is 38.4 Å². The van der Waals surface area contributed by atoms with Crippen molar-refractivity contribution < 1.29 is 4.39 Å². The molecule has 0 radical (unpaired) electrons. The summed E-state index contributed by atoms with van der Waals surface area (Å²) in [6, 6.07) is 5.35. The van der Waals surface area contributed by atoms with Gasteiger partial charge in [0.2, 0.25) is 0 Å². The van der Waals surface area contributed by atoms with Gasteiger partial charge in [0.1, 0.15) is 15.8 Å². The van der Waals surface area contributed by atoms with E-state index in [2.05, 4.69) is 29.4 Å². The average molecular weight is 279 g/mol. The third-order valence-electron chi connectivity index (χ3n) is 2.93. The molecule has 102 valence electrons. The Morgan fingerprint density at radius 3 is 2.84 bits per heavy atom. The SMILES string of the molecule is CCCNC(C)c1nnc(-c2ccc(C)c(F)c2)s1. The molecule has 2 aromatic rings. The van der Waals surface area contributed by atoms with E-state index in [9.17, 15) is 4.39 Å². The number of nitrogens with zero attached hydrogens (tertiary/aromatic N) is 2. The van der Waals surface area contributed by atoms with Crippen molar-refractivity contribution in [3.63, 3.8) is 0 Å². The molecule has 1 N–H and O–H groups in total. The molecule has 2 rings (SSSR count). The number of aryl methyl sites for hydroxylation is 1. The van der Waals surface area contributed by atoms with Gasteiger partial charge in [-0.3, -0.25) is 0 Å². The molecule has 1 aromatic heterocycles. The standard InChI is InChI=1S/C14H18FN3S/c1-4-7-16-10(3)13-17-18-14(19-13)11-6-5-9(2)12(15)8-11/h5-6,8,10,16H,4,7H2,1-3H3. The number of halogens is 1. The fourth-order valence-electron chi connectivity index (χ4n) is 1.70. The Morgan fingerprint density at radius 1 is 1.37 bits per heavy atom. The van der Waals surface area contributed by atoms with Crippen LogP contribution in [0.25, 0.3) is 10.6 Å². The first kappa shape index (κ1) is 14.1. The fourth-order valence-corrected chi connectivity index (χ4v) is 2.57. The quantitative estimate of drug-likeness (QED) is 0.906. The minimum Gasteiger partial charge on any atom is -0.308 e. The minimum absolute atomic E-state index is 0.182. The van der Waals surface area contributed by atoms with Crippen LogP contribution in [0.5, 0.6) is 0 Å². The third kappa shape index (κ3) is 3.36. The summed E-state index contributed by atoms with van der Waals surface area (Å²) in [5.41, 5.74) is 1.43. The topological polar surface area (TPSA) is 37.8 Å². The van der Waals surface area contributed by atoms with Crippen molar-refractivity contribution in [3.05, 3.63) is 34.6 Å². The molecule has 1 heterocycles. The van der Waals surface area contributed by atoms with Crippen molar-refractivity contribution in [2.45, 2.75) is 33.2 Å². The molecule has 0 amide bonds. The van der Waals surface area contributed by atoms with E-state index in [1.54, 1.807) is 13.0 Å². The molecule has 1 unspecified atom stereocenters. The predicted molar refractivity (Wildman–Crippen MR) is 76.7 cm³/mol. The van der Waals surface area contributed by atoms with E-state index in [0.717, 1.165) is 28.5 Å². The molecule has 0 aliphatic carbocycles. The van der Waals surface area contributed by atoms with Gasteiger partial charge in [-0.25, -0.2) is 4.39 Å². The molecule has 1 aromatic carbocycles. The average Bonchev–Trinajstić information content (AvgIpc) is 2.89. The molecule has 0 fully saturated rings. The smallest absolute Gasteiger partial charge is 0.147 e. The normalized spacial score (nSPS) is 12.6. The molecule has 5 heteroatoms. The maximum absolute atomic E-state index is 13.5. The second kappa shape index (κ2) is 6.21. The van der Waals surface area contributed by atoms with E-state index >= 15 is 0 Å². The molecule has 1 atom stereocenters. The van der Waals surface area contributed by atoms with Crippen LogP contribution >= 0.6 is 11.3 Å². The molecule has 0 saturated carbocycles. The number of nitrogens with one attached hydrogen (secondary N) is 1. The van der Waals surface area contributed by atoms with Gasteiger partial charge in [0.25, 0.3) is 0 Å². The Bertz CT molecular complexity index is 553. The van der Waals surface area contributed by atoms with E-state index < -0.39 is 0 Å². The number of hydrogen-bond donors (Lipinski definition) is 1. The van der Waals surface area contributed by atoms with E-state index in [1.165, 1.54) is 17.4 Å². The summed E-state index contributed by atoms with van der Waals surface area (Å²) in [4.78, 5) is 0. The van der Waals surface area contributed by atoms with Gasteiger partial charge in [0.05, 0.1) is 6.04 Å². The van der Waals surface area contributed by atoms with Crippen molar-refractivity contribution in [1.29, 1.82) is 0 Å². The molecule has 0 aliphatic rings. The molecular formula is C14H18FN3S. The van der Waals surface area contributed by atoms with Gasteiger partial charge in [-0.2, -0.15) is 0 Å². The Morgan fingerprint density at radius 2 is 2.16 bits per heavy atom.